The van der Waals surface area contributed by atoms with E-state index in [4.69, 9.17) is 0 Å². The predicted molar refractivity (Wildman–Crippen MR) is 69.4 cm³/mol. The number of carbonyl (C=O) groups excluding carboxylic acids is 1. The Hall–Kier alpha value is -1.81. The van der Waals surface area contributed by atoms with Gasteiger partial charge in [-0.2, -0.15) is 0 Å². The molecule has 0 spiro atoms. The van der Waals surface area contributed by atoms with Crippen LogP contribution in [0.15, 0.2) is 30.5 Å². The third-order valence-electron chi connectivity index (χ3n) is 4.23. The summed E-state index contributed by atoms with van der Waals surface area (Å²) in [6, 6.07) is 8.14. The first kappa shape index (κ1) is 10.1. The molecule has 1 aliphatic heterocycles. The molecule has 1 aromatic heterocycles. The van der Waals surface area contributed by atoms with Gasteiger partial charge in [-0.1, -0.05) is 6.07 Å². The molecule has 2 atom stereocenters. The molecule has 2 heterocycles. The molecule has 4 rings (SSSR count). The summed E-state index contributed by atoms with van der Waals surface area (Å²) in [4.78, 5) is 15.4. The van der Waals surface area contributed by atoms with Crippen LogP contribution in [-0.2, 0) is 0 Å². The van der Waals surface area contributed by atoms with Gasteiger partial charge in [-0.25, -0.2) is 0 Å². The van der Waals surface area contributed by atoms with Crippen LogP contribution in [0.3, 0.4) is 0 Å². The van der Waals surface area contributed by atoms with Crippen molar-refractivity contribution < 1.29 is 4.79 Å². The Morgan fingerprint density at radius 3 is 2.89 bits per heavy atom. The molecule has 1 amide bonds. The van der Waals surface area contributed by atoms with Crippen LogP contribution < -0.4 is 10.6 Å². The molecule has 1 saturated carbocycles. The molecule has 1 aromatic carbocycles. The van der Waals surface area contributed by atoms with Crippen LogP contribution in [-0.4, -0.2) is 30.0 Å². The van der Waals surface area contributed by atoms with Crippen molar-refractivity contribution in [2.24, 2.45) is 11.8 Å². The molecule has 3 N–H and O–H groups in total. The van der Waals surface area contributed by atoms with E-state index in [9.17, 15) is 4.79 Å². The fraction of sp³-hybridized carbons (Fsp3) is 0.357. The number of rotatable bonds is 2. The van der Waals surface area contributed by atoms with Gasteiger partial charge < -0.3 is 15.6 Å². The quantitative estimate of drug-likeness (QED) is 0.738. The Balaban J connectivity index is 1.59. The molecule has 18 heavy (non-hydrogen) atoms. The number of fused-ring (bicyclic) bond motifs is 2. The van der Waals surface area contributed by atoms with Crippen molar-refractivity contribution in [3.8, 4) is 0 Å². The molecule has 0 radical (unpaired) electrons. The van der Waals surface area contributed by atoms with Gasteiger partial charge in [0, 0.05) is 41.8 Å². The van der Waals surface area contributed by atoms with E-state index in [2.05, 4.69) is 15.6 Å². The SMILES string of the molecule is O=C(NC1C2CNCC21)c1cccc2[nH]ccc12. The first-order valence-corrected chi connectivity index (χ1v) is 6.42. The lowest BCUT2D eigenvalue weighted by atomic mass is 10.1. The predicted octanol–water partition coefficient (Wildman–Crippen LogP) is 1.12. The van der Waals surface area contributed by atoms with Gasteiger partial charge in [0.1, 0.15) is 0 Å². The monoisotopic (exact) mass is 241 g/mol. The number of nitrogens with one attached hydrogen (secondary N) is 3. The summed E-state index contributed by atoms with van der Waals surface area (Å²) in [7, 11) is 0. The summed E-state index contributed by atoms with van der Waals surface area (Å²) in [5.74, 6) is 1.36. The van der Waals surface area contributed by atoms with E-state index in [0.717, 1.165) is 29.6 Å². The van der Waals surface area contributed by atoms with E-state index in [0.29, 0.717) is 17.9 Å². The van der Waals surface area contributed by atoms with Crippen LogP contribution in [0, 0.1) is 11.8 Å². The van der Waals surface area contributed by atoms with Crippen molar-refractivity contribution in [1.82, 2.24) is 15.6 Å². The fourth-order valence-corrected chi connectivity index (χ4v) is 3.14. The van der Waals surface area contributed by atoms with Gasteiger partial charge in [-0.05, 0) is 30.0 Å². The minimum atomic E-state index is 0.0552. The lowest BCUT2D eigenvalue weighted by molar-refractivity contribution is 0.0948. The first-order valence-electron chi connectivity index (χ1n) is 6.42. The fourth-order valence-electron chi connectivity index (χ4n) is 3.14. The Morgan fingerprint density at radius 2 is 2.06 bits per heavy atom. The largest absolute Gasteiger partial charge is 0.361 e. The molecule has 1 saturated heterocycles. The van der Waals surface area contributed by atoms with Crippen LogP contribution >= 0.6 is 0 Å². The van der Waals surface area contributed by atoms with Crippen molar-refractivity contribution in [2.75, 3.05) is 13.1 Å². The van der Waals surface area contributed by atoms with E-state index in [1.54, 1.807) is 0 Å². The number of benzene rings is 1. The number of carbonyl (C=O) groups is 1. The van der Waals surface area contributed by atoms with Crippen LogP contribution in [0.1, 0.15) is 10.4 Å². The normalized spacial score (nSPS) is 29.2. The van der Waals surface area contributed by atoms with Crippen LogP contribution in [0.4, 0.5) is 0 Å². The zero-order valence-corrected chi connectivity index (χ0v) is 9.94. The highest BCUT2D eigenvalue weighted by atomic mass is 16.1. The van der Waals surface area contributed by atoms with Crippen molar-refractivity contribution in [2.45, 2.75) is 6.04 Å². The zero-order chi connectivity index (χ0) is 12.1. The van der Waals surface area contributed by atoms with Crippen LogP contribution in [0.2, 0.25) is 0 Å². The first-order chi connectivity index (χ1) is 8.84. The summed E-state index contributed by atoms with van der Waals surface area (Å²) in [5, 5.41) is 7.49. The van der Waals surface area contributed by atoms with Gasteiger partial charge in [0.25, 0.3) is 5.91 Å². The van der Waals surface area contributed by atoms with E-state index in [-0.39, 0.29) is 5.91 Å². The van der Waals surface area contributed by atoms with Gasteiger partial charge in [0.2, 0.25) is 0 Å². The third kappa shape index (κ3) is 1.39. The molecule has 2 fully saturated rings. The average Bonchev–Trinajstić information content (AvgIpc) is 2.82. The average molecular weight is 241 g/mol. The van der Waals surface area contributed by atoms with Crippen molar-refractivity contribution in [1.29, 1.82) is 0 Å². The van der Waals surface area contributed by atoms with Gasteiger partial charge in [0.05, 0.1) is 0 Å². The molecule has 2 aliphatic rings. The number of aromatic amines is 1. The summed E-state index contributed by atoms with van der Waals surface area (Å²) < 4.78 is 0. The molecule has 4 nitrogen and oxygen atoms in total. The van der Waals surface area contributed by atoms with Gasteiger partial charge in [-0.15, -0.1) is 0 Å². The minimum absolute atomic E-state index is 0.0552. The second-order valence-corrected chi connectivity index (χ2v) is 5.23. The topological polar surface area (TPSA) is 56.9 Å². The second-order valence-electron chi connectivity index (χ2n) is 5.23. The number of aromatic nitrogens is 1. The summed E-state index contributed by atoms with van der Waals surface area (Å²) in [5.41, 5.74) is 1.78. The lowest BCUT2D eigenvalue weighted by Gasteiger charge is -2.08. The number of hydrogen-bond acceptors (Lipinski definition) is 2. The highest BCUT2D eigenvalue weighted by Gasteiger charge is 2.53. The number of piperidine rings is 1. The Labute approximate surface area is 105 Å². The molecular weight excluding hydrogens is 226 g/mol. The maximum Gasteiger partial charge on any atom is 0.252 e. The van der Waals surface area contributed by atoms with Crippen molar-refractivity contribution in [3.63, 3.8) is 0 Å². The molecule has 2 aromatic rings. The number of amides is 1. The van der Waals surface area contributed by atoms with Crippen LogP contribution in [0.5, 0.6) is 0 Å². The van der Waals surface area contributed by atoms with E-state index in [1.807, 2.05) is 30.5 Å². The maximum atomic E-state index is 12.3. The van der Waals surface area contributed by atoms with Gasteiger partial charge in [0.15, 0.2) is 0 Å². The van der Waals surface area contributed by atoms with Gasteiger partial charge >= 0.3 is 0 Å². The Bertz CT molecular complexity index is 608. The van der Waals surface area contributed by atoms with Crippen molar-refractivity contribution in [3.05, 3.63) is 36.0 Å². The molecule has 2 unspecified atom stereocenters. The molecule has 0 bridgehead atoms. The molecule has 92 valence electrons. The minimum Gasteiger partial charge on any atom is -0.361 e. The number of H-pyrrole nitrogens is 1. The zero-order valence-electron chi connectivity index (χ0n) is 9.94. The molecular formula is C14H15N3O. The van der Waals surface area contributed by atoms with E-state index in [1.165, 1.54) is 0 Å². The van der Waals surface area contributed by atoms with Crippen molar-refractivity contribution >= 4 is 16.8 Å². The summed E-state index contributed by atoms with van der Waals surface area (Å²) in [6.45, 7) is 2.09. The summed E-state index contributed by atoms with van der Waals surface area (Å²) >= 11 is 0. The molecule has 1 aliphatic carbocycles. The number of hydrogen-bond donors (Lipinski definition) is 3. The highest BCUT2D eigenvalue weighted by molar-refractivity contribution is 6.06. The lowest BCUT2D eigenvalue weighted by Crippen LogP contribution is -2.32. The third-order valence-corrected chi connectivity index (χ3v) is 4.23. The van der Waals surface area contributed by atoms with E-state index < -0.39 is 0 Å². The van der Waals surface area contributed by atoms with Gasteiger partial charge in [-0.3, -0.25) is 4.79 Å². The second kappa shape index (κ2) is 3.59. The Kier molecular flexibility index (Phi) is 2.02. The highest BCUT2D eigenvalue weighted by Crippen LogP contribution is 2.41. The Morgan fingerprint density at radius 1 is 1.22 bits per heavy atom. The van der Waals surface area contributed by atoms with Crippen LogP contribution in [0.25, 0.3) is 10.9 Å². The smallest absolute Gasteiger partial charge is 0.252 e. The maximum absolute atomic E-state index is 12.3. The standard InChI is InChI=1S/C14H15N3O/c18-14(17-13-10-6-15-7-11(10)13)9-2-1-3-12-8(9)4-5-16-12/h1-5,10-11,13,15-16H,6-7H2,(H,17,18). The summed E-state index contributed by atoms with van der Waals surface area (Å²) in [6.07, 6.45) is 1.87. The van der Waals surface area contributed by atoms with E-state index >= 15 is 0 Å². The molecule has 4 heteroatoms.